The maximum absolute atomic E-state index is 4.68. The van der Waals surface area contributed by atoms with Crippen molar-refractivity contribution in [2.24, 2.45) is 0 Å². The first-order valence-corrected chi connectivity index (χ1v) is 8.60. The summed E-state index contributed by atoms with van der Waals surface area (Å²) in [5.74, 6) is 0.708. The standard InChI is InChI=1S/C16H17N5S/c1-22-16-18-15-17-14-7-8-20(9-12-5-3-2-4-6-12)10-13(14)11-21(15)19-16/h2-6,11H,7-10H2,1H3. The Balaban J connectivity index is 1.59. The van der Waals surface area contributed by atoms with Crippen LogP contribution >= 0.6 is 11.8 Å². The van der Waals surface area contributed by atoms with E-state index in [9.17, 15) is 0 Å². The second-order valence-electron chi connectivity index (χ2n) is 5.50. The van der Waals surface area contributed by atoms with Gasteiger partial charge in [0.1, 0.15) is 0 Å². The molecule has 3 aromatic rings. The van der Waals surface area contributed by atoms with Gasteiger partial charge in [0, 0.05) is 37.8 Å². The predicted molar refractivity (Wildman–Crippen MR) is 86.8 cm³/mol. The van der Waals surface area contributed by atoms with Crippen LogP contribution < -0.4 is 0 Å². The highest BCUT2D eigenvalue weighted by molar-refractivity contribution is 7.98. The van der Waals surface area contributed by atoms with Crippen molar-refractivity contribution in [2.75, 3.05) is 12.8 Å². The van der Waals surface area contributed by atoms with Crippen molar-refractivity contribution in [2.45, 2.75) is 24.7 Å². The fraction of sp³-hybridized carbons (Fsp3) is 0.312. The Bertz CT molecular complexity index is 799. The highest BCUT2D eigenvalue weighted by Crippen LogP contribution is 2.20. The molecule has 0 amide bonds. The molecular weight excluding hydrogens is 294 g/mol. The summed E-state index contributed by atoms with van der Waals surface area (Å²) in [4.78, 5) is 11.5. The Labute approximate surface area is 133 Å². The first-order valence-electron chi connectivity index (χ1n) is 7.37. The molecule has 0 bridgehead atoms. The molecule has 3 heterocycles. The van der Waals surface area contributed by atoms with E-state index in [1.54, 1.807) is 16.3 Å². The lowest BCUT2D eigenvalue weighted by Gasteiger charge is -2.27. The monoisotopic (exact) mass is 311 g/mol. The molecule has 6 heteroatoms. The first-order chi connectivity index (χ1) is 10.8. The molecule has 0 fully saturated rings. The maximum Gasteiger partial charge on any atom is 0.253 e. The van der Waals surface area contributed by atoms with Crippen LogP contribution in [0.5, 0.6) is 0 Å². The average molecular weight is 311 g/mol. The Kier molecular flexibility index (Phi) is 3.56. The van der Waals surface area contributed by atoms with Gasteiger partial charge in [0.2, 0.25) is 5.16 Å². The molecule has 112 valence electrons. The summed E-state index contributed by atoms with van der Waals surface area (Å²) in [6.45, 7) is 2.93. The summed E-state index contributed by atoms with van der Waals surface area (Å²) in [6.07, 6.45) is 5.04. The van der Waals surface area contributed by atoms with Crippen molar-refractivity contribution in [3.8, 4) is 0 Å². The smallest absolute Gasteiger partial charge is 0.253 e. The molecule has 22 heavy (non-hydrogen) atoms. The minimum Gasteiger partial charge on any atom is -0.294 e. The zero-order valence-electron chi connectivity index (χ0n) is 12.4. The van der Waals surface area contributed by atoms with Gasteiger partial charge >= 0.3 is 0 Å². The topological polar surface area (TPSA) is 46.3 Å². The molecule has 4 rings (SSSR count). The summed E-state index contributed by atoms with van der Waals surface area (Å²) in [6, 6.07) is 10.6. The summed E-state index contributed by atoms with van der Waals surface area (Å²) in [5, 5.41) is 5.21. The van der Waals surface area contributed by atoms with E-state index in [1.165, 1.54) is 11.1 Å². The van der Waals surface area contributed by atoms with Crippen LogP contribution in [-0.4, -0.2) is 37.3 Å². The minimum absolute atomic E-state index is 0.708. The zero-order valence-corrected chi connectivity index (χ0v) is 13.3. The Morgan fingerprint density at radius 2 is 2.05 bits per heavy atom. The molecular formula is C16H17N5S. The molecule has 0 spiro atoms. The largest absolute Gasteiger partial charge is 0.294 e. The van der Waals surface area contributed by atoms with E-state index in [0.29, 0.717) is 5.78 Å². The third-order valence-corrected chi connectivity index (χ3v) is 4.51. The number of hydrogen-bond donors (Lipinski definition) is 0. The van der Waals surface area contributed by atoms with E-state index >= 15 is 0 Å². The molecule has 0 saturated heterocycles. The molecule has 5 nitrogen and oxygen atoms in total. The van der Waals surface area contributed by atoms with Gasteiger partial charge < -0.3 is 0 Å². The van der Waals surface area contributed by atoms with E-state index in [1.807, 2.05) is 6.26 Å². The lowest BCUT2D eigenvalue weighted by molar-refractivity contribution is 0.243. The molecule has 1 aliphatic heterocycles. The number of thioether (sulfide) groups is 1. The molecule has 0 unspecified atom stereocenters. The van der Waals surface area contributed by atoms with Crippen LogP contribution in [0.15, 0.2) is 41.7 Å². The molecule has 1 aliphatic rings. The predicted octanol–water partition coefficient (Wildman–Crippen LogP) is 2.40. The van der Waals surface area contributed by atoms with Crippen molar-refractivity contribution >= 4 is 17.5 Å². The van der Waals surface area contributed by atoms with Gasteiger partial charge in [-0.3, -0.25) is 4.90 Å². The third-order valence-electron chi connectivity index (χ3n) is 3.97. The summed E-state index contributed by atoms with van der Waals surface area (Å²) >= 11 is 1.55. The van der Waals surface area contributed by atoms with Crippen molar-refractivity contribution in [1.82, 2.24) is 24.5 Å². The van der Waals surface area contributed by atoms with Crippen LogP contribution in [0.4, 0.5) is 0 Å². The van der Waals surface area contributed by atoms with E-state index < -0.39 is 0 Å². The number of benzene rings is 1. The van der Waals surface area contributed by atoms with E-state index in [2.05, 4.69) is 56.5 Å². The van der Waals surface area contributed by atoms with Crippen LogP contribution in [0.3, 0.4) is 0 Å². The summed E-state index contributed by atoms with van der Waals surface area (Å²) < 4.78 is 1.80. The van der Waals surface area contributed by atoms with E-state index in [-0.39, 0.29) is 0 Å². The van der Waals surface area contributed by atoms with Gasteiger partial charge in [0.25, 0.3) is 5.78 Å². The van der Waals surface area contributed by atoms with Gasteiger partial charge in [0.05, 0.1) is 5.69 Å². The molecule has 0 N–H and O–H groups in total. The fourth-order valence-electron chi connectivity index (χ4n) is 2.87. The molecule has 0 aliphatic carbocycles. The van der Waals surface area contributed by atoms with Crippen LogP contribution in [0.1, 0.15) is 16.8 Å². The molecule has 0 saturated carbocycles. The molecule has 0 radical (unpaired) electrons. The quantitative estimate of drug-likeness (QED) is 0.695. The van der Waals surface area contributed by atoms with E-state index in [4.69, 9.17) is 0 Å². The van der Waals surface area contributed by atoms with Gasteiger partial charge in [0.15, 0.2) is 0 Å². The Morgan fingerprint density at radius 1 is 1.18 bits per heavy atom. The second kappa shape index (κ2) is 5.70. The van der Waals surface area contributed by atoms with Crippen molar-refractivity contribution in [3.05, 3.63) is 53.3 Å². The van der Waals surface area contributed by atoms with Crippen molar-refractivity contribution in [3.63, 3.8) is 0 Å². The number of fused-ring (bicyclic) bond motifs is 2. The lowest BCUT2D eigenvalue weighted by Crippen LogP contribution is -2.31. The van der Waals surface area contributed by atoms with Crippen LogP contribution in [0.2, 0.25) is 0 Å². The average Bonchev–Trinajstić information content (AvgIpc) is 2.95. The van der Waals surface area contributed by atoms with Gasteiger partial charge in [-0.15, -0.1) is 5.10 Å². The van der Waals surface area contributed by atoms with Crippen LogP contribution in [-0.2, 0) is 19.5 Å². The summed E-state index contributed by atoms with van der Waals surface area (Å²) in [7, 11) is 0. The SMILES string of the molecule is CSc1nc2nc3c(cn2n1)CN(Cc1ccccc1)CC3. The van der Waals surface area contributed by atoms with Crippen LogP contribution in [0.25, 0.3) is 5.78 Å². The number of nitrogens with zero attached hydrogens (tertiary/aromatic N) is 5. The van der Waals surface area contributed by atoms with E-state index in [0.717, 1.165) is 36.9 Å². The highest BCUT2D eigenvalue weighted by atomic mass is 32.2. The molecule has 1 aromatic carbocycles. The minimum atomic E-state index is 0.708. The normalized spacial score (nSPS) is 15.1. The second-order valence-corrected chi connectivity index (χ2v) is 6.28. The number of aromatic nitrogens is 4. The molecule has 0 atom stereocenters. The van der Waals surface area contributed by atoms with Gasteiger partial charge in [-0.2, -0.15) is 4.98 Å². The Morgan fingerprint density at radius 3 is 2.86 bits per heavy atom. The fourth-order valence-corrected chi connectivity index (χ4v) is 3.21. The molecule has 2 aromatic heterocycles. The number of hydrogen-bond acceptors (Lipinski definition) is 5. The van der Waals surface area contributed by atoms with Crippen LogP contribution in [0, 0.1) is 0 Å². The summed E-state index contributed by atoms with van der Waals surface area (Å²) in [5.41, 5.74) is 3.77. The maximum atomic E-state index is 4.68. The Hall–Kier alpha value is -1.92. The van der Waals surface area contributed by atoms with Crippen molar-refractivity contribution < 1.29 is 0 Å². The van der Waals surface area contributed by atoms with Gasteiger partial charge in [-0.1, -0.05) is 42.1 Å². The highest BCUT2D eigenvalue weighted by Gasteiger charge is 2.19. The van der Waals surface area contributed by atoms with Gasteiger partial charge in [-0.25, -0.2) is 9.50 Å². The number of rotatable bonds is 3. The third kappa shape index (κ3) is 2.60. The lowest BCUT2D eigenvalue weighted by atomic mass is 10.1. The first kappa shape index (κ1) is 13.7. The zero-order chi connectivity index (χ0) is 14.9. The van der Waals surface area contributed by atoms with Crippen molar-refractivity contribution in [1.29, 1.82) is 0 Å². The van der Waals surface area contributed by atoms with Gasteiger partial charge in [-0.05, 0) is 11.8 Å².